The van der Waals surface area contributed by atoms with E-state index in [4.69, 9.17) is 61.6 Å². The SMILES string of the molecule is C=C(NCCOCCOCCOCCOCCOCCOCCOCCOCCOCCOCCOCCOCCC(=O)N1CC(C)OC(CC(C)(C)C)C1)C(C)C. The smallest absolute Gasteiger partial charge is 0.225 e. The molecule has 0 bridgehead atoms. The molecule has 0 aromatic heterocycles. The average Bonchev–Trinajstić information content (AvgIpc) is 3.17. The van der Waals surface area contributed by atoms with Crippen LogP contribution in [0.1, 0.15) is 54.4 Å². The third kappa shape index (κ3) is 36.4. The molecule has 1 saturated heterocycles. The number of nitrogens with one attached hydrogen (secondary N) is 1. The highest BCUT2D eigenvalue weighted by molar-refractivity contribution is 5.76. The number of morpholine rings is 1. The Kier molecular flexibility index (Phi) is 36.1. The van der Waals surface area contributed by atoms with Crippen molar-refractivity contribution in [2.75, 3.05) is 178 Å². The zero-order valence-corrected chi connectivity index (χ0v) is 37.1. The lowest BCUT2D eigenvalue weighted by Gasteiger charge is -2.39. The maximum absolute atomic E-state index is 12.7. The van der Waals surface area contributed by atoms with Gasteiger partial charge in [0, 0.05) is 25.3 Å². The van der Waals surface area contributed by atoms with Gasteiger partial charge in [-0.1, -0.05) is 41.2 Å². The molecule has 16 nitrogen and oxygen atoms in total. The molecular formula is C42H82N2O14. The van der Waals surface area contributed by atoms with E-state index < -0.39 is 0 Å². The van der Waals surface area contributed by atoms with E-state index in [1.165, 1.54) is 0 Å². The van der Waals surface area contributed by atoms with E-state index in [0.717, 1.165) is 18.7 Å². The Morgan fingerprint density at radius 3 is 1.19 bits per heavy atom. The minimum Gasteiger partial charge on any atom is -0.386 e. The van der Waals surface area contributed by atoms with Crippen LogP contribution in [0.2, 0.25) is 0 Å². The largest absolute Gasteiger partial charge is 0.386 e. The second-order valence-corrected chi connectivity index (χ2v) is 15.3. The number of hydrogen-bond donors (Lipinski definition) is 1. The van der Waals surface area contributed by atoms with Gasteiger partial charge in [0.05, 0.1) is 177 Å². The Morgan fingerprint density at radius 2 is 0.879 bits per heavy atom. The van der Waals surface area contributed by atoms with Crippen LogP contribution >= 0.6 is 0 Å². The Balaban J connectivity index is 1.69. The second kappa shape index (κ2) is 38.4. The van der Waals surface area contributed by atoms with Gasteiger partial charge in [0.25, 0.3) is 0 Å². The number of allylic oxidation sites excluding steroid dienone is 1. The van der Waals surface area contributed by atoms with Gasteiger partial charge < -0.3 is 71.8 Å². The molecule has 2 atom stereocenters. The molecular weight excluding hydrogens is 756 g/mol. The molecule has 0 saturated carbocycles. The predicted octanol–water partition coefficient (Wildman–Crippen LogP) is 3.39. The highest BCUT2D eigenvalue weighted by Crippen LogP contribution is 2.26. The lowest BCUT2D eigenvalue weighted by molar-refractivity contribution is -0.147. The van der Waals surface area contributed by atoms with Crippen molar-refractivity contribution < 1.29 is 66.4 Å². The molecule has 1 N–H and O–H groups in total. The molecule has 0 spiro atoms. The van der Waals surface area contributed by atoms with Gasteiger partial charge in [-0.15, -0.1) is 0 Å². The number of hydrogen-bond acceptors (Lipinski definition) is 15. The van der Waals surface area contributed by atoms with E-state index in [0.29, 0.717) is 184 Å². The summed E-state index contributed by atoms with van der Waals surface area (Å²) in [5, 5.41) is 3.24. The van der Waals surface area contributed by atoms with Gasteiger partial charge in [-0.3, -0.25) is 4.79 Å². The van der Waals surface area contributed by atoms with E-state index >= 15 is 0 Å². The summed E-state index contributed by atoms with van der Waals surface area (Å²) >= 11 is 0. The molecule has 0 aromatic rings. The standard InChI is InChI=1S/C42H82N2O14/c1-37(2)39(4)43-9-11-47-13-15-49-17-19-51-21-23-53-25-27-55-29-31-57-33-32-56-30-28-54-26-24-52-22-20-50-18-16-48-14-12-46-10-8-41(45)44-35-38(3)58-40(36-44)34-42(5,6)7/h37-38,40,43H,4,8-36H2,1-3,5-7H3. The van der Waals surface area contributed by atoms with Crippen LogP contribution in [0, 0.1) is 11.3 Å². The summed E-state index contributed by atoms with van der Waals surface area (Å²) < 4.78 is 72.3. The van der Waals surface area contributed by atoms with Crippen molar-refractivity contribution >= 4 is 5.91 Å². The third-order valence-electron chi connectivity index (χ3n) is 8.37. The zero-order chi connectivity index (χ0) is 42.4. The second-order valence-electron chi connectivity index (χ2n) is 15.3. The quantitative estimate of drug-likeness (QED) is 0.0894. The lowest BCUT2D eigenvalue weighted by Crippen LogP contribution is -2.50. The molecule has 2 unspecified atom stereocenters. The first kappa shape index (κ1) is 54.5. The summed E-state index contributed by atoms with van der Waals surface area (Å²) in [6.07, 6.45) is 1.43. The molecule has 1 heterocycles. The van der Waals surface area contributed by atoms with Crippen LogP contribution in [-0.4, -0.2) is 201 Å². The van der Waals surface area contributed by atoms with Gasteiger partial charge in [-0.25, -0.2) is 0 Å². The number of nitrogens with zero attached hydrogens (tertiary/aromatic N) is 1. The van der Waals surface area contributed by atoms with Crippen LogP contribution in [0.5, 0.6) is 0 Å². The van der Waals surface area contributed by atoms with Crippen LogP contribution < -0.4 is 5.32 Å². The van der Waals surface area contributed by atoms with Crippen molar-refractivity contribution in [2.24, 2.45) is 11.3 Å². The first-order chi connectivity index (χ1) is 28.1. The van der Waals surface area contributed by atoms with Crippen molar-refractivity contribution in [3.05, 3.63) is 12.3 Å². The van der Waals surface area contributed by atoms with Crippen molar-refractivity contribution in [1.29, 1.82) is 0 Å². The first-order valence-corrected chi connectivity index (χ1v) is 21.4. The number of ether oxygens (including phenoxy) is 13. The monoisotopic (exact) mass is 839 g/mol. The summed E-state index contributed by atoms with van der Waals surface area (Å²) in [4.78, 5) is 14.6. The minimum atomic E-state index is 0.0511. The van der Waals surface area contributed by atoms with Crippen LogP contribution in [0.25, 0.3) is 0 Å². The van der Waals surface area contributed by atoms with Crippen LogP contribution in [-0.2, 0) is 66.4 Å². The Bertz CT molecular complexity index is 942. The maximum Gasteiger partial charge on any atom is 0.225 e. The van der Waals surface area contributed by atoms with Crippen molar-refractivity contribution in [2.45, 2.75) is 66.6 Å². The maximum atomic E-state index is 12.7. The van der Waals surface area contributed by atoms with E-state index in [1.807, 2.05) is 11.8 Å². The van der Waals surface area contributed by atoms with Crippen molar-refractivity contribution in [3.63, 3.8) is 0 Å². The molecule has 16 heteroatoms. The number of rotatable bonds is 42. The van der Waals surface area contributed by atoms with Gasteiger partial charge in [-0.2, -0.15) is 0 Å². The van der Waals surface area contributed by atoms with Crippen LogP contribution in [0.4, 0.5) is 0 Å². The molecule has 1 aliphatic rings. The fourth-order valence-corrected chi connectivity index (χ4v) is 5.37. The summed E-state index contributed by atoms with van der Waals surface area (Å²) in [7, 11) is 0. The van der Waals surface area contributed by atoms with Crippen molar-refractivity contribution in [1.82, 2.24) is 10.2 Å². The summed E-state index contributed by atoms with van der Waals surface area (Å²) in [6, 6.07) is 0. The molecule has 1 rings (SSSR count). The molecule has 0 aromatic carbocycles. The fraction of sp³-hybridized carbons (Fsp3) is 0.929. The Labute approximate surface area is 350 Å². The molecule has 1 aliphatic heterocycles. The Morgan fingerprint density at radius 1 is 0.569 bits per heavy atom. The molecule has 344 valence electrons. The number of amides is 1. The zero-order valence-electron chi connectivity index (χ0n) is 37.1. The van der Waals surface area contributed by atoms with E-state index in [2.05, 4.69) is 46.5 Å². The topological polar surface area (TPSA) is 152 Å². The third-order valence-corrected chi connectivity index (χ3v) is 8.37. The highest BCUT2D eigenvalue weighted by Gasteiger charge is 2.30. The van der Waals surface area contributed by atoms with Gasteiger partial charge in [0.15, 0.2) is 0 Å². The minimum absolute atomic E-state index is 0.0511. The van der Waals surface area contributed by atoms with Gasteiger partial charge in [-0.05, 0) is 24.7 Å². The first-order valence-electron chi connectivity index (χ1n) is 21.4. The van der Waals surface area contributed by atoms with Crippen molar-refractivity contribution in [3.8, 4) is 0 Å². The number of carbonyl (C=O) groups excluding carboxylic acids is 1. The molecule has 1 fully saturated rings. The molecule has 0 radical (unpaired) electrons. The molecule has 0 aliphatic carbocycles. The highest BCUT2D eigenvalue weighted by atomic mass is 16.6. The predicted molar refractivity (Wildman–Crippen MR) is 221 cm³/mol. The summed E-state index contributed by atoms with van der Waals surface area (Å²) in [5.41, 5.74) is 1.19. The van der Waals surface area contributed by atoms with Crippen LogP contribution in [0.3, 0.4) is 0 Å². The normalized spacial score (nSPS) is 16.1. The average molecular weight is 839 g/mol. The van der Waals surface area contributed by atoms with Gasteiger partial charge in [0.2, 0.25) is 5.91 Å². The number of carbonyl (C=O) groups is 1. The van der Waals surface area contributed by atoms with Gasteiger partial charge >= 0.3 is 0 Å². The van der Waals surface area contributed by atoms with Crippen LogP contribution in [0.15, 0.2) is 12.3 Å². The van der Waals surface area contributed by atoms with E-state index in [1.54, 1.807) is 0 Å². The fourth-order valence-electron chi connectivity index (χ4n) is 5.37. The summed E-state index contributed by atoms with van der Waals surface area (Å²) in [5.74, 6) is 0.541. The lowest BCUT2D eigenvalue weighted by atomic mass is 9.88. The molecule has 1 amide bonds. The summed E-state index contributed by atoms with van der Waals surface area (Å²) in [6.45, 7) is 30.8. The van der Waals surface area contributed by atoms with Gasteiger partial charge in [0.1, 0.15) is 0 Å². The van der Waals surface area contributed by atoms with E-state index in [9.17, 15) is 4.79 Å². The Hall–Kier alpha value is -1.51. The molecule has 58 heavy (non-hydrogen) atoms. The van der Waals surface area contributed by atoms with E-state index in [-0.39, 0.29) is 23.5 Å².